The van der Waals surface area contributed by atoms with Gasteiger partial charge in [-0.1, -0.05) is 15.9 Å². The zero-order valence-electron chi connectivity index (χ0n) is 17.8. The third-order valence-electron chi connectivity index (χ3n) is 5.64. The lowest BCUT2D eigenvalue weighted by Crippen LogP contribution is -2.41. The van der Waals surface area contributed by atoms with E-state index in [1.807, 2.05) is 0 Å². The molecule has 178 valence electrons. The van der Waals surface area contributed by atoms with Crippen molar-refractivity contribution >= 4 is 37.5 Å². The lowest BCUT2D eigenvalue weighted by molar-refractivity contribution is 0.0383. The second-order valence-corrected chi connectivity index (χ2v) is 10.7. The molecule has 0 bridgehead atoms. The van der Waals surface area contributed by atoms with Crippen molar-refractivity contribution in [3.63, 3.8) is 0 Å². The Morgan fingerprint density at radius 1 is 1.21 bits per heavy atom. The maximum atomic E-state index is 15.1. The normalized spacial score (nSPS) is 17.0. The smallest absolute Gasteiger partial charge is 0.265 e. The molecule has 0 spiro atoms. The quantitative estimate of drug-likeness (QED) is 0.474. The molecule has 0 unspecified atom stereocenters. The molecule has 1 heterocycles. The van der Waals surface area contributed by atoms with Gasteiger partial charge in [0.05, 0.1) is 24.5 Å². The number of carbonyl (C=O) groups is 1. The standard InChI is InChI=1S/C22H25BrFN3O5S/c23-15-3-4-19(28)20(11-15)33(30,31)26-16-12-17(14-1-2-14)21(24)18(13-16)22(29)25-5-6-27-7-9-32-10-8-27/h3-4,11-14,26,28H,1-2,5-10H2,(H,25,29). The maximum absolute atomic E-state index is 15.1. The van der Waals surface area contributed by atoms with Crippen LogP contribution in [0.4, 0.5) is 10.1 Å². The number of aromatic hydroxyl groups is 1. The summed E-state index contributed by atoms with van der Waals surface area (Å²) in [5.74, 6) is -1.70. The fraction of sp³-hybridized carbons (Fsp3) is 0.409. The average molecular weight is 542 g/mol. The number of rotatable bonds is 8. The van der Waals surface area contributed by atoms with Crippen LogP contribution in [0.5, 0.6) is 5.75 Å². The molecule has 33 heavy (non-hydrogen) atoms. The van der Waals surface area contributed by atoms with E-state index < -0.39 is 27.5 Å². The van der Waals surface area contributed by atoms with Gasteiger partial charge >= 0.3 is 0 Å². The highest BCUT2D eigenvalue weighted by molar-refractivity contribution is 9.10. The van der Waals surface area contributed by atoms with E-state index in [1.165, 1.54) is 30.3 Å². The molecule has 1 saturated carbocycles. The molecule has 2 fully saturated rings. The first-order valence-corrected chi connectivity index (χ1v) is 13.0. The molecule has 1 amide bonds. The van der Waals surface area contributed by atoms with Gasteiger partial charge < -0.3 is 15.2 Å². The molecular formula is C22H25BrFN3O5S. The molecule has 0 atom stereocenters. The number of sulfonamides is 1. The van der Waals surface area contributed by atoms with Crippen LogP contribution in [-0.2, 0) is 14.8 Å². The zero-order chi connectivity index (χ0) is 23.6. The third-order valence-corrected chi connectivity index (χ3v) is 7.55. The Hall–Kier alpha value is -2.21. The van der Waals surface area contributed by atoms with Crippen molar-refractivity contribution in [3.05, 3.63) is 51.7 Å². The van der Waals surface area contributed by atoms with Crippen molar-refractivity contribution in [2.45, 2.75) is 23.7 Å². The Kier molecular flexibility index (Phi) is 7.22. The molecule has 1 saturated heterocycles. The Bertz CT molecular complexity index is 1150. The van der Waals surface area contributed by atoms with Gasteiger partial charge in [0.1, 0.15) is 16.5 Å². The lowest BCUT2D eigenvalue weighted by Gasteiger charge is -2.26. The SMILES string of the molecule is O=C(NCCN1CCOCC1)c1cc(NS(=O)(=O)c2cc(Br)ccc2O)cc(C2CC2)c1F. The second-order valence-electron chi connectivity index (χ2n) is 8.13. The minimum absolute atomic E-state index is 0.0476. The number of amides is 1. The minimum Gasteiger partial charge on any atom is -0.507 e. The van der Waals surface area contributed by atoms with Crippen molar-refractivity contribution in [3.8, 4) is 5.75 Å². The van der Waals surface area contributed by atoms with Crippen molar-refractivity contribution in [2.75, 3.05) is 44.1 Å². The Labute approximate surface area is 200 Å². The van der Waals surface area contributed by atoms with Gasteiger partial charge in [0.15, 0.2) is 0 Å². The third kappa shape index (κ3) is 5.84. The molecule has 0 aromatic heterocycles. The Morgan fingerprint density at radius 3 is 2.64 bits per heavy atom. The molecule has 0 radical (unpaired) electrons. The van der Waals surface area contributed by atoms with Crippen LogP contribution >= 0.6 is 15.9 Å². The Morgan fingerprint density at radius 2 is 1.94 bits per heavy atom. The van der Waals surface area contributed by atoms with Gasteiger partial charge in [-0.15, -0.1) is 0 Å². The number of ether oxygens (including phenoxy) is 1. The summed E-state index contributed by atoms with van der Waals surface area (Å²) in [7, 11) is -4.18. The van der Waals surface area contributed by atoms with E-state index in [2.05, 4.69) is 30.9 Å². The van der Waals surface area contributed by atoms with Crippen LogP contribution in [-0.4, -0.2) is 63.7 Å². The molecule has 2 aromatic rings. The van der Waals surface area contributed by atoms with Crippen LogP contribution in [0.1, 0.15) is 34.7 Å². The highest BCUT2D eigenvalue weighted by Gasteiger charge is 2.30. The summed E-state index contributed by atoms with van der Waals surface area (Å²) in [5.41, 5.74) is 0.167. The van der Waals surface area contributed by atoms with Gasteiger partial charge in [0.2, 0.25) is 0 Å². The van der Waals surface area contributed by atoms with Crippen LogP contribution in [0.2, 0.25) is 0 Å². The van der Waals surface area contributed by atoms with Crippen LogP contribution in [0.3, 0.4) is 0 Å². The van der Waals surface area contributed by atoms with Crippen molar-refractivity contribution in [1.82, 2.24) is 10.2 Å². The van der Waals surface area contributed by atoms with Crippen LogP contribution in [0.25, 0.3) is 0 Å². The predicted molar refractivity (Wildman–Crippen MR) is 125 cm³/mol. The summed E-state index contributed by atoms with van der Waals surface area (Å²) in [5, 5.41) is 12.7. The fourth-order valence-electron chi connectivity index (χ4n) is 3.72. The van der Waals surface area contributed by atoms with E-state index in [1.54, 1.807) is 0 Å². The van der Waals surface area contributed by atoms with Gasteiger partial charge in [0, 0.05) is 30.7 Å². The first-order chi connectivity index (χ1) is 15.7. The second kappa shape index (κ2) is 9.96. The number of morpholine rings is 1. The highest BCUT2D eigenvalue weighted by atomic mass is 79.9. The molecule has 2 aromatic carbocycles. The van der Waals surface area contributed by atoms with Crippen molar-refractivity contribution in [2.24, 2.45) is 0 Å². The van der Waals surface area contributed by atoms with E-state index in [9.17, 15) is 18.3 Å². The molecule has 8 nitrogen and oxygen atoms in total. The molecule has 4 rings (SSSR count). The summed E-state index contributed by atoms with van der Waals surface area (Å²) >= 11 is 3.19. The number of phenolic OH excluding ortho intramolecular Hbond substituents is 1. The van der Waals surface area contributed by atoms with Crippen molar-refractivity contribution < 1.29 is 27.4 Å². The number of anilines is 1. The summed E-state index contributed by atoms with van der Waals surface area (Å²) in [4.78, 5) is 14.6. The number of phenols is 1. The number of hydrogen-bond acceptors (Lipinski definition) is 6. The molecule has 3 N–H and O–H groups in total. The van der Waals surface area contributed by atoms with E-state index in [0.29, 0.717) is 36.3 Å². The molecule has 2 aliphatic rings. The maximum Gasteiger partial charge on any atom is 0.265 e. The summed E-state index contributed by atoms with van der Waals surface area (Å²) in [6.45, 7) is 3.78. The van der Waals surface area contributed by atoms with Crippen LogP contribution in [0.15, 0.2) is 39.7 Å². The molecule has 1 aliphatic heterocycles. The van der Waals surface area contributed by atoms with Crippen LogP contribution < -0.4 is 10.0 Å². The number of nitrogens with zero attached hydrogens (tertiary/aromatic N) is 1. The van der Waals surface area contributed by atoms with Gasteiger partial charge in [0.25, 0.3) is 15.9 Å². The van der Waals surface area contributed by atoms with E-state index in [-0.39, 0.29) is 22.1 Å². The van der Waals surface area contributed by atoms with E-state index in [4.69, 9.17) is 4.74 Å². The minimum atomic E-state index is -4.18. The zero-order valence-corrected chi connectivity index (χ0v) is 20.2. The van der Waals surface area contributed by atoms with Crippen molar-refractivity contribution in [1.29, 1.82) is 0 Å². The van der Waals surface area contributed by atoms with E-state index >= 15 is 4.39 Å². The summed E-state index contributed by atoms with van der Waals surface area (Å²) in [6, 6.07) is 6.65. The largest absolute Gasteiger partial charge is 0.507 e. The Balaban J connectivity index is 1.55. The van der Waals surface area contributed by atoms with Gasteiger partial charge in [-0.05, 0) is 54.7 Å². The average Bonchev–Trinajstić information content (AvgIpc) is 3.62. The van der Waals surface area contributed by atoms with Gasteiger partial charge in [-0.3, -0.25) is 14.4 Å². The number of carbonyl (C=O) groups excluding carboxylic acids is 1. The highest BCUT2D eigenvalue weighted by Crippen LogP contribution is 2.43. The van der Waals surface area contributed by atoms with Crippen LogP contribution in [0, 0.1) is 5.82 Å². The lowest BCUT2D eigenvalue weighted by atomic mass is 10.0. The molecular weight excluding hydrogens is 517 g/mol. The monoisotopic (exact) mass is 541 g/mol. The van der Waals surface area contributed by atoms with Gasteiger partial charge in [-0.25, -0.2) is 12.8 Å². The first-order valence-electron chi connectivity index (χ1n) is 10.7. The number of benzene rings is 2. The topological polar surface area (TPSA) is 108 Å². The summed E-state index contributed by atoms with van der Waals surface area (Å²) in [6.07, 6.45) is 1.55. The first kappa shape index (κ1) is 23.9. The predicted octanol–water partition coefficient (Wildman–Crippen LogP) is 3.03. The van der Waals surface area contributed by atoms with Gasteiger partial charge in [-0.2, -0.15) is 0 Å². The fourth-order valence-corrected chi connectivity index (χ4v) is 5.40. The number of halogens is 2. The molecule has 1 aliphatic carbocycles. The number of nitrogens with one attached hydrogen (secondary N) is 2. The van der Waals surface area contributed by atoms with E-state index in [0.717, 1.165) is 25.9 Å². The number of hydrogen-bond donors (Lipinski definition) is 3. The summed E-state index contributed by atoms with van der Waals surface area (Å²) < 4.78 is 49.1. The molecule has 11 heteroatoms.